The minimum Gasteiger partial charge on any atom is -0.538 e. The molecule has 24 heavy (non-hydrogen) atoms. The Balaban J connectivity index is 3.46. The van der Waals surface area contributed by atoms with Gasteiger partial charge in [0.05, 0.1) is 7.11 Å². The van der Waals surface area contributed by atoms with Crippen LogP contribution in [-0.2, 0) is 4.74 Å². The highest BCUT2D eigenvalue weighted by Crippen LogP contribution is 2.48. The van der Waals surface area contributed by atoms with Crippen molar-refractivity contribution in [2.24, 2.45) is 0 Å². The summed E-state index contributed by atoms with van der Waals surface area (Å²) in [6.45, 7) is 13.7. The molecule has 1 aromatic rings. The third-order valence-corrected chi connectivity index (χ3v) is 11.0. The predicted octanol–water partition coefficient (Wildman–Crippen LogP) is 5.99. The van der Waals surface area contributed by atoms with E-state index < -0.39 is 8.32 Å². The van der Waals surface area contributed by atoms with E-state index in [0.717, 1.165) is 4.47 Å². The summed E-state index contributed by atoms with van der Waals surface area (Å²) in [4.78, 5) is 0. The maximum absolute atomic E-state index is 6.80. The van der Waals surface area contributed by atoms with Crippen molar-refractivity contribution in [3.63, 3.8) is 0 Å². The van der Waals surface area contributed by atoms with Crippen molar-refractivity contribution in [2.45, 2.75) is 58.2 Å². The van der Waals surface area contributed by atoms with E-state index in [0.29, 0.717) is 33.9 Å². The van der Waals surface area contributed by atoms with Crippen LogP contribution in [0, 0.1) is 0 Å². The SMILES string of the molecule is COCOc1cc(Br)cc(OC)c1O[Si](C(C)C)(C(C)C)C(C)C. The quantitative estimate of drug-likeness (QED) is 0.364. The van der Waals surface area contributed by atoms with Crippen molar-refractivity contribution in [3.05, 3.63) is 16.6 Å². The van der Waals surface area contributed by atoms with E-state index >= 15 is 0 Å². The first kappa shape index (κ1) is 21.3. The summed E-state index contributed by atoms with van der Waals surface area (Å²) < 4.78 is 24.1. The van der Waals surface area contributed by atoms with Gasteiger partial charge in [0.1, 0.15) is 0 Å². The van der Waals surface area contributed by atoms with E-state index in [1.807, 2.05) is 12.1 Å². The van der Waals surface area contributed by atoms with Gasteiger partial charge in [0.25, 0.3) is 8.32 Å². The summed E-state index contributed by atoms with van der Waals surface area (Å²) >= 11 is 3.50. The molecule has 0 aliphatic heterocycles. The largest absolute Gasteiger partial charge is 0.538 e. The van der Waals surface area contributed by atoms with Crippen LogP contribution in [0.25, 0.3) is 0 Å². The number of rotatable bonds is 9. The third-order valence-electron chi connectivity index (χ3n) is 4.52. The Labute approximate surface area is 156 Å². The van der Waals surface area contributed by atoms with Crippen molar-refractivity contribution < 1.29 is 18.6 Å². The first-order valence-electron chi connectivity index (χ1n) is 8.38. The molecular formula is C18H31BrO4Si. The van der Waals surface area contributed by atoms with Crippen LogP contribution in [-0.4, -0.2) is 29.3 Å². The van der Waals surface area contributed by atoms with Gasteiger partial charge in [0.2, 0.25) is 0 Å². The van der Waals surface area contributed by atoms with Gasteiger partial charge in [-0.2, -0.15) is 0 Å². The standard InChI is InChI=1S/C18H31BrO4Si/c1-12(2)24(13(3)4,14(5)6)23-18-16(21-8)9-15(19)10-17(18)22-11-20-7/h9-10,12-14H,11H2,1-8H3. The fraction of sp³-hybridized carbons (Fsp3) is 0.667. The lowest BCUT2D eigenvalue weighted by Crippen LogP contribution is -2.50. The number of halogens is 1. The fourth-order valence-corrected chi connectivity index (χ4v) is 9.23. The van der Waals surface area contributed by atoms with Crippen molar-refractivity contribution in [3.8, 4) is 17.2 Å². The molecule has 0 spiro atoms. The summed E-state index contributed by atoms with van der Waals surface area (Å²) in [5.41, 5.74) is 1.38. The third kappa shape index (κ3) is 4.46. The summed E-state index contributed by atoms with van der Waals surface area (Å²) in [5.74, 6) is 2.00. The molecule has 0 aliphatic rings. The zero-order valence-electron chi connectivity index (χ0n) is 16.1. The monoisotopic (exact) mass is 418 g/mol. The summed E-state index contributed by atoms with van der Waals surface area (Å²) in [6.07, 6.45) is 0. The maximum Gasteiger partial charge on any atom is 0.259 e. The average molecular weight is 419 g/mol. The number of benzene rings is 1. The van der Waals surface area contributed by atoms with Crippen LogP contribution < -0.4 is 13.9 Å². The Hall–Kier alpha value is -0.723. The van der Waals surface area contributed by atoms with Gasteiger partial charge < -0.3 is 18.6 Å². The molecule has 0 fully saturated rings. The van der Waals surface area contributed by atoms with Crippen molar-refractivity contribution >= 4 is 24.2 Å². The van der Waals surface area contributed by atoms with Crippen molar-refractivity contribution in [2.75, 3.05) is 21.0 Å². The zero-order valence-corrected chi connectivity index (χ0v) is 18.7. The number of hydrogen-bond donors (Lipinski definition) is 0. The predicted molar refractivity (Wildman–Crippen MR) is 105 cm³/mol. The fourth-order valence-electron chi connectivity index (χ4n) is 3.56. The molecule has 0 aliphatic carbocycles. The van der Waals surface area contributed by atoms with Crippen LogP contribution in [0.5, 0.6) is 17.2 Å². The van der Waals surface area contributed by atoms with Gasteiger partial charge in [-0.15, -0.1) is 0 Å². The molecule has 0 amide bonds. The molecule has 1 aromatic carbocycles. The molecule has 4 nitrogen and oxygen atoms in total. The van der Waals surface area contributed by atoms with Gasteiger partial charge in [0, 0.05) is 11.6 Å². The summed E-state index contributed by atoms with van der Waals surface area (Å²) in [5, 5.41) is 0. The topological polar surface area (TPSA) is 36.9 Å². The molecule has 0 unspecified atom stereocenters. The van der Waals surface area contributed by atoms with Gasteiger partial charge in [-0.05, 0) is 28.8 Å². The van der Waals surface area contributed by atoms with Gasteiger partial charge >= 0.3 is 0 Å². The highest BCUT2D eigenvalue weighted by Gasteiger charge is 2.48. The lowest BCUT2D eigenvalue weighted by Gasteiger charge is -2.42. The van der Waals surface area contributed by atoms with E-state index in [1.54, 1.807) is 14.2 Å². The van der Waals surface area contributed by atoms with Crippen LogP contribution in [0.3, 0.4) is 0 Å². The summed E-state index contributed by atoms with van der Waals surface area (Å²) in [7, 11) is 1.13. The minimum atomic E-state index is -2.12. The second kappa shape index (κ2) is 9.11. The molecule has 6 heteroatoms. The van der Waals surface area contributed by atoms with Crippen LogP contribution in [0.4, 0.5) is 0 Å². The molecule has 0 heterocycles. The highest BCUT2D eigenvalue weighted by molar-refractivity contribution is 9.10. The maximum atomic E-state index is 6.80. The summed E-state index contributed by atoms with van der Waals surface area (Å²) in [6, 6.07) is 3.81. The number of ether oxygens (including phenoxy) is 3. The van der Waals surface area contributed by atoms with Crippen LogP contribution in [0.2, 0.25) is 16.6 Å². The lowest BCUT2D eigenvalue weighted by atomic mass is 10.3. The first-order chi connectivity index (χ1) is 11.2. The molecule has 0 atom stereocenters. The van der Waals surface area contributed by atoms with Crippen LogP contribution in [0.1, 0.15) is 41.5 Å². The van der Waals surface area contributed by atoms with Crippen molar-refractivity contribution in [1.82, 2.24) is 0 Å². The van der Waals surface area contributed by atoms with Crippen LogP contribution in [0.15, 0.2) is 16.6 Å². The Kier molecular flexibility index (Phi) is 8.09. The number of methoxy groups -OCH3 is 2. The smallest absolute Gasteiger partial charge is 0.259 e. The van der Waals surface area contributed by atoms with Crippen LogP contribution >= 0.6 is 15.9 Å². The molecular weight excluding hydrogens is 388 g/mol. The van der Waals surface area contributed by atoms with E-state index in [-0.39, 0.29) is 6.79 Å². The van der Waals surface area contributed by atoms with E-state index in [2.05, 4.69) is 57.5 Å². The Morgan fingerprint density at radius 2 is 1.42 bits per heavy atom. The second-order valence-electron chi connectivity index (χ2n) is 6.91. The Morgan fingerprint density at radius 1 is 0.917 bits per heavy atom. The molecule has 0 aromatic heterocycles. The van der Waals surface area contributed by atoms with Gasteiger partial charge in [-0.1, -0.05) is 57.5 Å². The van der Waals surface area contributed by atoms with E-state index in [9.17, 15) is 0 Å². The highest BCUT2D eigenvalue weighted by atomic mass is 79.9. The van der Waals surface area contributed by atoms with E-state index in [1.165, 1.54) is 0 Å². The van der Waals surface area contributed by atoms with Gasteiger partial charge in [0.15, 0.2) is 24.0 Å². The van der Waals surface area contributed by atoms with Gasteiger partial charge in [-0.3, -0.25) is 0 Å². The molecule has 1 rings (SSSR count). The second-order valence-corrected chi connectivity index (χ2v) is 13.2. The molecule has 0 bridgehead atoms. The molecule has 0 saturated heterocycles. The minimum absolute atomic E-state index is 0.162. The molecule has 138 valence electrons. The lowest BCUT2D eigenvalue weighted by molar-refractivity contribution is 0.0494. The zero-order chi connectivity index (χ0) is 18.5. The number of hydrogen-bond acceptors (Lipinski definition) is 4. The van der Waals surface area contributed by atoms with Gasteiger partial charge in [-0.25, -0.2) is 0 Å². The van der Waals surface area contributed by atoms with Crippen molar-refractivity contribution in [1.29, 1.82) is 0 Å². The first-order valence-corrected chi connectivity index (χ1v) is 11.3. The Bertz CT molecular complexity index is 510. The average Bonchev–Trinajstić information content (AvgIpc) is 2.49. The molecule has 0 radical (unpaired) electrons. The molecule has 0 saturated carbocycles. The normalized spacial score (nSPS) is 12.2. The molecule has 0 N–H and O–H groups in total. The Morgan fingerprint density at radius 3 is 1.83 bits per heavy atom. The van der Waals surface area contributed by atoms with E-state index in [4.69, 9.17) is 18.6 Å².